The lowest BCUT2D eigenvalue weighted by Crippen LogP contribution is -2.65. The Morgan fingerprint density at radius 1 is 0.833 bits per heavy atom. The smallest absolute Gasteiger partial charge is 0.497 e. The van der Waals surface area contributed by atoms with E-state index in [0.717, 1.165) is 42.6 Å². The highest BCUT2D eigenvalue weighted by molar-refractivity contribution is 6.67. The molecule has 1 aliphatic heterocycles. The first-order valence-corrected chi connectivity index (χ1v) is 19.8. The Bertz CT molecular complexity index is 1320. The normalized spacial score (nSPS) is 20.5. The third kappa shape index (κ3) is 18.4. The maximum Gasteiger partial charge on any atom is 0.508 e. The monoisotopic (exact) mass is 819 g/mol. The van der Waals surface area contributed by atoms with Gasteiger partial charge >= 0.3 is 12.2 Å². The Labute approximate surface area is 334 Å². The van der Waals surface area contributed by atoms with Crippen LogP contribution >= 0.6 is 34.8 Å². The SMILES string of the molecule is CCCCCCCCCCC[C@H](CCO[C@H]1[C@H](O)[C@@H](COC(=O)OCc2ccccc2)O[C@H](O)[C@@H]1NC(=O)OCC(Cl)(Cl)Cl)OCc1ccc(OC)cc1. The van der Waals surface area contributed by atoms with Gasteiger partial charge < -0.3 is 48.7 Å². The van der Waals surface area contributed by atoms with Crippen molar-refractivity contribution >= 4 is 47.1 Å². The van der Waals surface area contributed by atoms with Crippen molar-refractivity contribution in [3.63, 3.8) is 0 Å². The van der Waals surface area contributed by atoms with Gasteiger partial charge in [-0.2, -0.15) is 0 Å². The van der Waals surface area contributed by atoms with E-state index in [-0.39, 0.29) is 19.3 Å². The van der Waals surface area contributed by atoms with Gasteiger partial charge in [-0.1, -0.05) is 142 Å². The van der Waals surface area contributed by atoms with Crippen molar-refractivity contribution < 1.29 is 53.0 Å². The molecule has 0 unspecified atom stereocenters. The van der Waals surface area contributed by atoms with E-state index in [2.05, 4.69) is 12.2 Å². The number of hydrogen-bond donors (Lipinski definition) is 3. The lowest BCUT2D eigenvalue weighted by Gasteiger charge is -2.42. The third-order valence-corrected chi connectivity index (χ3v) is 9.26. The molecule has 304 valence electrons. The molecule has 0 aromatic heterocycles. The summed E-state index contributed by atoms with van der Waals surface area (Å²) in [6.07, 6.45) is 4.16. The van der Waals surface area contributed by atoms with Crippen molar-refractivity contribution in [1.29, 1.82) is 0 Å². The molecule has 3 N–H and O–H groups in total. The van der Waals surface area contributed by atoms with Gasteiger partial charge in [-0.15, -0.1) is 0 Å². The minimum absolute atomic E-state index is 0.0227. The zero-order valence-electron chi connectivity index (χ0n) is 31.2. The van der Waals surface area contributed by atoms with Crippen molar-refractivity contribution in [2.75, 3.05) is 26.9 Å². The number of halogens is 3. The Balaban J connectivity index is 1.62. The van der Waals surface area contributed by atoms with Crippen LogP contribution in [0, 0.1) is 0 Å². The number of alkyl halides is 3. The first-order valence-electron chi connectivity index (χ1n) is 18.7. The lowest BCUT2D eigenvalue weighted by molar-refractivity contribution is -0.262. The van der Waals surface area contributed by atoms with E-state index in [1.54, 1.807) is 19.2 Å². The number of rotatable bonds is 24. The van der Waals surface area contributed by atoms with Gasteiger partial charge in [-0.25, -0.2) is 9.59 Å². The average molecular weight is 821 g/mol. The molecule has 1 amide bonds. The molecule has 2 aromatic rings. The quantitative estimate of drug-likeness (QED) is 0.0535. The van der Waals surface area contributed by atoms with Crippen molar-refractivity contribution in [1.82, 2.24) is 5.32 Å². The van der Waals surface area contributed by atoms with Gasteiger partial charge in [0, 0.05) is 6.61 Å². The summed E-state index contributed by atoms with van der Waals surface area (Å²) < 4.78 is 36.8. The van der Waals surface area contributed by atoms with Crippen LogP contribution in [0.15, 0.2) is 54.6 Å². The van der Waals surface area contributed by atoms with Crippen molar-refractivity contribution in [2.24, 2.45) is 0 Å². The molecule has 15 heteroatoms. The molecule has 2 aromatic carbocycles. The fraction of sp³-hybridized carbons (Fsp3) is 0.641. The van der Waals surface area contributed by atoms with E-state index >= 15 is 0 Å². The minimum atomic E-state index is -1.87. The first-order chi connectivity index (χ1) is 26.0. The molecule has 0 radical (unpaired) electrons. The predicted octanol–water partition coefficient (Wildman–Crippen LogP) is 8.17. The summed E-state index contributed by atoms with van der Waals surface area (Å²) in [6, 6.07) is 15.4. The Hall–Kier alpha value is -2.55. The highest BCUT2D eigenvalue weighted by Crippen LogP contribution is 2.27. The van der Waals surface area contributed by atoms with E-state index < -0.39 is 59.9 Å². The molecule has 6 atom stereocenters. The van der Waals surface area contributed by atoms with Gasteiger partial charge in [0.25, 0.3) is 0 Å². The number of carbonyl (C=O) groups excluding carboxylic acids is 2. The van der Waals surface area contributed by atoms with E-state index in [4.69, 9.17) is 68.0 Å². The predicted molar refractivity (Wildman–Crippen MR) is 206 cm³/mol. The molecule has 1 fully saturated rings. The second-order valence-corrected chi connectivity index (χ2v) is 15.8. The number of unbranched alkanes of at least 4 members (excludes halogenated alkanes) is 8. The van der Waals surface area contributed by atoms with Gasteiger partial charge in [0.1, 0.15) is 49.9 Å². The van der Waals surface area contributed by atoms with Gasteiger partial charge in [0.2, 0.25) is 3.79 Å². The average Bonchev–Trinajstić information content (AvgIpc) is 3.16. The molecular weight excluding hydrogens is 765 g/mol. The van der Waals surface area contributed by atoms with Crippen LogP contribution in [0.5, 0.6) is 5.75 Å². The van der Waals surface area contributed by atoms with Crippen LogP contribution in [0.1, 0.15) is 88.7 Å². The standard InChI is InChI=1S/C39H56Cl3NO11/c1-3-4-5-6-7-8-9-10-14-17-31(50-24-29-18-20-30(48-2)21-19-29)22-23-49-35-33(43-37(46)53-27-39(40,41)42)36(45)54-32(34(35)44)26-52-38(47)51-25-28-15-12-11-13-16-28/h11-13,15-16,18-21,31-36,44-45H,3-10,14,17,22-27H2,1-2H3,(H,43,46)/t31-,32-,33-,34-,35-,36+/m1/s1. The van der Waals surface area contributed by atoms with E-state index in [9.17, 15) is 19.8 Å². The highest BCUT2D eigenvalue weighted by Gasteiger charge is 2.47. The van der Waals surface area contributed by atoms with Crippen LogP contribution in [0.4, 0.5) is 9.59 Å². The molecule has 1 aliphatic rings. The number of hydrogen-bond acceptors (Lipinski definition) is 11. The molecule has 1 heterocycles. The van der Waals surface area contributed by atoms with Crippen LogP contribution in [0.25, 0.3) is 0 Å². The molecule has 12 nitrogen and oxygen atoms in total. The number of aliphatic hydroxyl groups excluding tert-OH is 2. The summed E-state index contributed by atoms with van der Waals surface area (Å²) >= 11 is 17.1. The first kappa shape index (κ1) is 45.8. The van der Waals surface area contributed by atoms with Crippen LogP contribution in [-0.4, -0.2) is 89.9 Å². The van der Waals surface area contributed by atoms with Crippen molar-refractivity contribution in [3.05, 3.63) is 65.7 Å². The van der Waals surface area contributed by atoms with Crippen LogP contribution < -0.4 is 10.1 Å². The number of benzene rings is 2. The zero-order chi connectivity index (χ0) is 39.2. The molecule has 0 saturated carbocycles. The number of nitrogens with one attached hydrogen (secondary N) is 1. The molecule has 0 bridgehead atoms. The van der Waals surface area contributed by atoms with Gasteiger partial charge in [0.05, 0.1) is 19.8 Å². The number of alkyl carbamates (subject to hydrolysis) is 1. The molecule has 0 spiro atoms. The van der Waals surface area contributed by atoms with E-state index in [0.29, 0.717) is 13.0 Å². The third-order valence-electron chi connectivity index (χ3n) is 8.93. The second kappa shape index (κ2) is 25.6. The lowest BCUT2D eigenvalue weighted by atomic mass is 9.96. The fourth-order valence-corrected chi connectivity index (χ4v) is 6.09. The number of carbonyl (C=O) groups is 2. The summed E-state index contributed by atoms with van der Waals surface area (Å²) in [4.78, 5) is 24.9. The van der Waals surface area contributed by atoms with Crippen LogP contribution in [-0.2, 0) is 41.6 Å². The molecular formula is C39H56Cl3NO11. The summed E-state index contributed by atoms with van der Waals surface area (Å²) in [5, 5.41) is 24.8. The highest BCUT2D eigenvalue weighted by atomic mass is 35.6. The summed E-state index contributed by atoms with van der Waals surface area (Å²) in [7, 11) is 1.62. The minimum Gasteiger partial charge on any atom is -0.497 e. The fourth-order valence-electron chi connectivity index (χ4n) is 5.92. The molecule has 3 rings (SSSR count). The molecule has 54 heavy (non-hydrogen) atoms. The molecule has 0 aliphatic carbocycles. The Morgan fingerprint density at radius 3 is 2.13 bits per heavy atom. The van der Waals surface area contributed by atoms with Crippen molar-refractivity contribution in [2.45, 2.75) is 131 Å². The number of methoxy groups -OCH3 is 1. The number of amides is 1. The maximum atomic E-state index is 12.6. The number of ether oxygens (including phenoxy) is 7. The van der Waals surface area contributed by atoms with Crippen LogP contribution in [0.2, 0.25) is 0 Å². The summed E-state index contributed by atoms with van der Waals surface area (Å²) in [5.74, 6) is 0.753. The Kier molecular flexibility index (Phi) is 21.7. The van der Waals surface area contributed by atoms with Crippen LogP contribution in [0.3, 0.4) is 0 Å². The second-order valence-electron chi connectivity index (χ2n) is 13.3. The summed E-state index contributed by atoms with van der Waals surface area (Å²) in [6.45, 7) is 1.62. The molecule has 1 saturated heterocycles. The zero-order valence-corrected chi connectivity index (χ0v) is 33.4. The maximum absolute atomic E-state index is 12.6. The largest absolute Gasteiger partial charge is 0.508 e. The Morgan fingerprint density at radius 2 is 1.48 bits per heavy atom. The number of aliphatic hydroxyl groups is 2. The summed E-state index contributed by atoms with van der Waals surface area (Å²) in [5.41, 5.74) is 1.74. The van der Waals surface area contributed by atoms with E-state index in [1.165, 1.54) is 38.5 Å². The topological polar surface area (TPSA) is 151 Å². The van der Waals surface area contributed by atoms with E-state index in [1.807, 2.05) is 42.5 Å². The van der Waals surface area contributed by atoms with Gasteiger partial charge in [-0.05, 0) is 36.1 Å². The van der Waals surface area contributed by atoms with Gasteiger partial charge in [-0.3, -0.25) is 0 Å². The van der Waals surface area contributed by atoms with Gasteiger partial charge in [0.15, 0.2) is 6.29 Å². The van der Waals surface area contributed by atoms with Crippen molar-refractivity contribution in [3.8, 4) is 5.75 Å².